The summed E-state index contributed by atoms with van der Waals surface area (Å²) >= 11 is 0. The van der Waals surface area contributed by atoms with Gasteiger partial charge in [-0.15, -0.1) is 0 Å². The van der Waals surface area contributed by atoms with Crippen molar-refractivity contribution in [1.82, 2.24) is 0 Å². The van der Waals surface area contributed by atoms with Crippen molar-refractivity contribution in [3.05, 3.63) is 65.7 Å². The molecule has 0 N–H and O–H groups in total. The number of hydrogen-bond acceptors (Lipinski definition) is 3. The molecule has 3 heteroatoms. The van der Waals surface area contributed by atoms with Crippen LogP contribution >= 0.6 is 0 Å². The molecular weight excluding hydrogens is 286 g/mol. The number of benzene rings is 2. The monoisotopic (exact) mass is 307 g/mol. The van der Waals surface area contributed by atoms with Gasteiger partial charge in [-0.25, -0.2) is 0 Å². The highest BCUT2D eigenvalue weighted by molar-refractivity contribution is 5.82. The summed E-state index contributed by atoms with van der Waals surface area (Å²) in [5, 5.41) is 0. The molecule has 0 aliphatic carbocycles. The Bertz CT molecular complexity index is 745. The van der Waals surface area contributed by atoms with Crippen molar-refractivity contribution in [3.8, 4) is 0 Å². The number of fused-ring (bicyclic) bond motifs is 2. The number of ether oxygens (including phenoxy) is 2. The summed E-state index contributed by atoms with van der Waals surface area (Å²) in [6, 6.07) is 18.4. The zero-order valence-corrected chi connectivity index (χ0v) is 13.7. The van der Waals surface area contributed by atoms with Gasteiger partial charge < -0.3 is 9.47 Å². The van der Waals surface area contributed by atoms with Gasteiger partial charge in [0.1, 0.15) is 0 Å². The summed E-state index contributed by atoms with van der Waals surface area (Å²) in [7, 11) is 0. The van der Waals surface area contributed by atoms with Gasteiger partial charge in [-0.2, -0.15) is 0 Å². The molecule has 2 aromatic rings. The molecule has 1 fully saturated rings. The summed E-state index contributed by atoms with van der Waals surface area (Å²) in [6.45, 7) is 6.28. The number of rotatable bonds is 1. The minimum atomic E-state index is -0.842. The van der Waals surface area contributed by atoms with Gasteiger partial charge in [0.2, 0.25) is 5.79 Å². The van der Waals surface area contributed by atoms with Crippen LogP contribution in [-0.2, 0) is 20.7 Å². The molecular formula is C20H21NO2. The highest BCUT2D eigenvalue weighted by atomic mass is 16.8. The van der Waals surface area contributed by atoms with Crippen LogP contribution in [0.25, 0.3) is 0 Å². The van der Waals surface area contributed by atoms with Crippen LogP contribution in [0.4, 0.5) is 5.69 Å². The highest BCUT2D eigenvalue weighted by Gasteiger charge is 2.60. The van der Waals surface area contributed by atoms with Crippen molar-refractivity contribution in [2.45, 2.75) is 44.2 Å². The molecule has 1 spiro atoms. The van der Waals surface area contributed by atoms with E-state index in [0.717, 1.165) is 16.8 Å². The number of aliphatic imine (C=N–C) groups is 1. The van der Waals surface area contributed by atoms with E-state index in [9.17, 15) is 0 Å². The second kappa shape index (κ2) is 5.02. The first-order valence-electron chi connectivity index (χ1n) is 8.13. The van der Waals surface area contributed by atoms with E-state index in [4.69, 9.17) is 14.5 Å². The molecule has 2 aliphatic heterocycles. The number of para-hydroxylation sites is 1. The first kappa shape index (κ1) is 14.6. The van der Waals surface area contributed by atoms with Gasteiger partial charge in [0.15, 0.2) is 0 Å². The van der Waals surface area contributed by atoms with Crippen molar-refractivity contribution >= 4 is 11.9 Å². The maximum absolute atomic E-state index is 6.49. The Labute approximate surface area is 137 Å². The lowest BCUT2D eigenvalue weighted by Gasteiger charge is -2.45. The molecule has 0 aromatic heterocycles. The van der Waals surface area contributed by atoms with Crippen molar-refractivity contribution in [2.24, 2.45) is 4.99 Å². The molecule has 0 amide bonds. The van der Waals surface area contributed by atoms with Crippen molar-refractivity contribution in [1.29, 1.82) is 0 Å². The molecule has 0 saturated carbocycles. The Morgan fingerprint density at radius 3 is 2.17 bits per heavy atom. The first-order chi connectivity index (χ1) is 11.1. The number of hydrogen-bond donors (Lipinski definition) is 0. The summed E-state index contributed by atoms with van der Waals surface area (Å²) in [5.74, 6) is -0.842. The number of nitrogens with zero attached hydrogens (tertiary/aromatic N) is 1. The molecule has 3 nitrogen and oxygen atoms in total. The normalized spacial score (nSPS) is 31.3. The summed E-state index contributed by atoms with van der Waals surface area (Å²) < 4.78 is 13.0. The quantitative estimate of drug-likeness (QED) is 0.785. The van der Waals surface area contributed by atoms with Crippen LogP contribution in [0.15, 0.2) is 59.6 Å². The maximum Gasteiger partial charge on any atom is 0.212 e. The fourth-order valence-corrected chi connectivity index (χ4v) is 3.59. The third kappa shape index (κ3) is 1.93. The minimum Gasteiger partial charge on any atom is -0.339 e. The lowest BCUT2D eigenvalue weighted by molar-refractivity contribution is -0.211. The van der Waals surface area contributed by atoms with E-state index in [1.165, 1.54) is 0 Å². The smallest absolute Gasteiger partial charge is 0.212 e. The standard InChI is InChI=1S/C20H21NO2/c1-14-15(2)23-20(22-14)17-11-7-8-12-18(17)21-13-19(20,3)16-9-5-4-6-10-16/h4-15H,1-3H3/t14-,15-,19+/m1/s1. The van der Waals surface area contributed by atoms with Crippen LogP contribution in [0.5, 0.6) is 0 Å². The molecule has 118 valence electrons. The van der Waals surface area contributed by atoms with Crippen molar-refractivity contribution < 1.29 is 9.47 Å². The molecule has 0 bridgehead atoms. The molecule has 0 unspecified atom stereocenters. The van der Waals surface area contributed by atoms with E-state index in [2.05, 4.69) is 39.0 Å². The molecule has 2 heterocycles. The van der Waals surface area contributed by atoms with Gasteiger partial charge >= 0.3 is 0 Å². The van der Waals surface area contributed by atoms with Crippen LogP contribution < -0.4 is 0 Å². The Morgan fingerprint density at radius 2 is 1.48 bits per heavy atom. The van der Waals surface area contributed by atoms with Crippen LogP contribution in [0, 0.1) is 0 Å². The Hall–Kier alpha value is -1.97. The van der Waals surface area contributed by atoms with E-state index in [0.29, 0.717) is 0 Å². The van der Waals surface area contributed by atoms with Gasteiger partial charge in [0.25, 0.3) is 0 Å². The zero-order chi connectivity index (χ0) is 16.1. The first-order valence-corrected chi connectivity index (χ1v) is 8.13. The SMILES string of the molecule is C[C@H]1OC2(O[C@@H]1C)c1ccccc1N=C[C@@]2(C)c1ccccc1. The predicted molar refractivity (Wildman–Crippen MR) is 91.2 cm³/mol. The topological polar surface area (TPSA) is 30.8 Å². The molecule has 3 atom stereocenters. The Kier molecular flexibility index (Phi) is 3.19. The molecule has 0 radical (unpaired) electrons. The van der Waals surface area contributed by atoms with Crippen LogP contribution in [0.1, 0.15) is 31.9 Å². The predicted octanol–water partition coefficient (Wildman–Crippen LogP) is 4.34. The van der Waals surface area contributed by atoms with E-state index in [1.807, 2.05) is 42.6 Å². The van der Waals surface area contributed by atoms with Crippen molar-refractivity contribution in [3.63, 3.8) is 0 Å². The minimum absolute atomic E-state index is 0.0255. The van der Waals surface area contributed by atoms with Crippen LogP contribution in [-0.4, -0.2) is 18.4 Å². The van der Waals surface area contributed by atoms with E-state index >= 15 is 0 Å². The van der Waals surface area contributed by atoms with Gasteiger partial charge in [-0.05, 0) is 32.4 Å². The molecule has 4 rings (SSSR count). The average molecular weight is 307 g/mol. The second-order valence-electron chi connectivity index (χ2n) is 6.61. The second-order valence-corrected chi connectivity index (χ2v) is 6.61. The molecule has 1 saturated heterocycles. The molecule has 2 aliphatic rings. The van der Waals surface area contributed by atoms with E-state index < -0.39 is 11.2 Å². The average Bonchev–Trinajstić information content (AvgIpc) is 2.89. The lowest BCUT2D eigenvalue weighted by atomic mass is 9.71. The van der Waals surface area contributed by atoms with Gasteiger partial charge in [0, 0.05) is 11.8 Å². The maximum atomic E-state index is 6.49. The summed E-state index contributed by atoms with van der Waals surface area (Å²) in [5.41, 5.74) is 2.58. The third-order valence-corrected chi connectivity index (χ3v) is 5.14. The van der Waals surface area contributed by atoms with E-state index in [-0.39, 0.29) is 12.2 Å². The Balaban J connectivity index is 1.97. The van der Waals surface area contributed by atoms with Gasteiger partial charge in [-0.1, -0.05) is 48.5 Å². The fourth-order valence-electron chi connectivity index (χ4n) is 3.59. The van der Waals surface area contributed by atoms with Crippen molar-refractivity contribution in [2.75, 3.05) is 0 Å². The third-order valence-electron chi connectivity index (χ3n) is 5.14. The van der Waals surface area contributed by atoms with Crippen LogP contribution in [0.3, 0.4) is 0 Å². The molecule has 23 heavy (non-hydrogen) atoms. The summed E-state index contributed by atoms with van der Waals surface area (Å²) in [4.78, 5) is 4.71. The zero-order valence-electron chi connectivity index (χ0n) is 13.7. The van der Waals surface area contributed by atoms with E-state index in [1.54, 1.807) is 0 Å². The van der Waals surface area contributed by atoms with Gasteiger partial charge in [-0.3, -0.25) is 4.99 Å². The molecule has 2 aromatic carbocycles. The fraction of sp³-hybridized carbons (Fsp3) is 0.350. The lowest BCUT2D eigenvalue weighted by Crippen LogP contribution is -2.51. The Morgan fingerprint density at radius 1 is 0.870 bits per heavy atom. The largest absolute Gasteiger partial charge is 0.339 e. The van der Waals surface area contributed by atoms with Crippen LogP contribution in [0.2, 0.25) is 0 Å². The van der Waals surface area contributed by atoms with Gasteiger partial charge in [0.05, 0.1) is 23.3 Å². The highest BCUT2D eigenvalue weighted by Crippen LogP contribution is 2.55. The summed E-state index contributed by atoms with van der Waals surface area (Å²) in [6.07, 6.45) is 2.03.